The molecule has 0 aliphatic carbocycles. The lowest BCUT2D eigenvalue weighted by molar-refractivity contribution is 0.101. The number of carbonyl (C=O) groups excluding carboxylic acids is 1. The van der Waals surface area contributed by atoms with E-state index < -0.39 is 0 Å². The molecule has 25 heavy (non-hydrogen) atoms. The van der Waals surface area contributed by atoms with E-state index in [9.17, 15) is 10.1 Å². The second kappa shape index (κ2) is 9.37. The normalized spacial score (nSPS) is 11.3. The van der Waals surface area contributed by atoms with E-state index in [-0.39, 0.29) is 5.78 Å². The smallest absolute Gasteiger partial charge is 0.161 e. The topological polar surface area (TPSA) is 40.9 Å². The molecule has 2 nitrogen and oxygen atoms in total. The molecule has 0 aliphatic heterocycles. The SMILES string of the molecule is C=C(C)CC/C(C)=C/Cc1c(C#N)c(C(C)=O)c(CC)c(C)c1CC. The van der Waals surface area contributed by atoms with Crippen LogP contribution in [0, 0.1) is 18.3 Å². The Balaban J connectivity index is 3.48. The lowest BCUT2D eigenvalue weighted by Gasteiger charge is -2.20. The highest BCUT2D eigenvalue weighted by Gasteiger charge is 2.21. The molecule has 0 atom stereocenters. The number of benzene rings is 1. The molecule has 0 N–H and O–H groups in total. The summed E-state index contributed by atoms with van der Waals surface area (Å²) in [6.45, 7) is 16.0. The quantitative estimate of drug-likeness (QED) is 0.428. The predicted molar refractivity (Wildman–Crippen MR) is 106 cm³/mol. The molecule has 0 saturated carbocycles. The van der Waals surface area contributed by atoms with Crippen molar-refractivity contribution in [1.82, 2.24) is 0 Å². The molecule has 0 saturated heterocycles. The van der Waals surface area contributed by atoms with Crippen LogP contribution in [0.5, 0.6) is 0 Å². The van der Waals surface area contributed by atoms with E-state index in [0.717, 1.165) is 36.8 Å². The third kappa shape index (κ3) is 4.92. The summed E-state index contributed by atoms with van der Waals surface area (Å²) < 4.78 is 0. The van der Waals surface area contributed by atoms with Gasteiger partial charge in [0.2, 0.25) is 0 Å². The van der Waals surface area contributed by atoms with Crippen LogP contribution >= 0.6 is 0 Å². The zero-order chi connectivity index (χ0) is 19.1. The fourth-order valence-electron chi connectivity index (χ4n) is 3.50. The van der Waals surface area contributed by atoms with E-state index in [1.165, 1.54) is 22.3 Å². The first-order valence-corrected chi connectivity index (χ1v) is 9.16. The maximum absolute atomic E-state index is 12.2. The van der Waals surface area contributed by atoms with Crippen LogP contribution in [0.2, 0.25) is 0 Å². The monoisotopic (exact) mass is 337 g/mol. The van der Waals surface area contributed by atoms with Gasteiger partial charge in [0, 0.05) is 5.56 Å². The number of allylic oxidation sites excluding steroid dienone is 3. The summed E-state index contributed by atoms with van der Waals surface area (Å²) in [4.78, 5) is 12.2. The maximum atomic E-state index is 12.2. The van der Waals surface area contributed by atoms with Gasteiger partial charge >= 0.3 is 0 Å². The molecule has 0 aliphatic rings. The van der Waals surface area contributed by atoms with Crippen LogP contribution in [0.25, 0.3) is 0 Å². The third-order valence-electron chi connectivity index (χ3n) is 4.89. The molecule has 0 radical (unpaired) electrons. The summed E-state index contributed by atoms with van der Waals surface area (Å²) in [5.74, 6) is -0.0108. The molecule has 134 valence electrons. The first-order valence-electron chi connectivity index (χ1n) is 9.16. The Hall–Kier alpha value is -2.14. The van der Waals surface area contributed by atoms with Gasteiger partial charge in [-0.2, -0.15) is 5.26 Å². The molecule has 0 fully saturated rings. The van der Waals surface area contributed by atoms with Gasteiger partial charge in [-0.3, -0.25) is 4.79 Å². The second-order valence-corrected chi connectivity index (χ2v) is 6.90. The molecule has 1 aromatic carbocycles. The average molecular weight is 338 g/mol. The van der Waals surface area contributed by atoms with Crippen LogP contribution in [-0.4, -0.2) is 5.78 Å². The second-order valence-electron chi connectivity index (χ2n) is 6.90. The van der Waals surface area contributed by atoms with Gasteiger partial charge in [0.1, 0.15) is 6.07 Å². The molecule has 0 unspecified atom stereocenters. The third-order valence-corrected chi connectivity index (χ3v) is 4.89. The Labute approximate surface area is 153 Å². The molecular formula is C23H31NO. The first kappa shape index (κ1) is 20.9. The van der Waals surface area contributed by atoms with Crippen molar-refractivity contribution in [3.63, 3.8) is 0 Å². The summed E-state index contributed by atoms with van der Waals surface area (Å²) in [6, 6.07) is 2.33. The van der Waals surface area contributed by atoms with E-state index in [1.54, 1.807) is 6.92 Å². The van der Waals surface area contributed by atoms with E-state index in [4.69, 9.17) is 0 Å². The Bertz CT molecular complexity index is 745. The van der Waals surface area contributed by atoms with Crippen molar-refractivity contribution in [3.05, 3.63) is 57.2 Å². The Morgan fingerprint density at radius 2 is 1.68 bits per heavy atom. The summed E-state index contributed by atoms with van der Waals surface area (Å²) >= 11 is 0. The minimum Gasteiger partial charge on any atom is -0.294 e. The fourth-order valence-corrected chi connectivity index (χ4v) is 3.50. The van der Waals surface area contributed by atoms with Crippen molar-refractivity contribution in [3.8, 4) is 6.07 Å². The van der Waals surface area contributed by atoms with Gasteiger partial charge in [-0.05, 0) is 82.1 Å². The fraction of sp³-hybridized carbons (Fsp3) is 0.478. The van der Waals surface area contributed by atoms with Crippen LogP contribution in [-0.2, 0) is 19.3 Å². The number of hydrogen-bond donors (Lipinski definition) is 0. The van der Waals surface area contributed by atoms with E-state index in [1.807, 2.05) is 6.92 Å². The number of nitriles is 1. The van der Waals surface area contributed by atoms with E-state index in [2.05, 4.69) is 46.4 Å². The van der Waals surface area contributed by atoms with Crippen molar-refractivity contribution < 1.29 is 4.79 Å². The molecule has 0 bridgehead atoms. The van der Waals surface area contributed by atoms with Crippen molar-refractivity contribution in [2.24, 2.45) is 0 Å². The average Bonchev–Trinajstić information content (AvgIpc) is 2.56. The lowest BCUT2D eigenvalue weighted by Crippen LogP contribution is -2.12. The van der Waals surface area contributed by atoms with Gasteiger partial charge in [-0.25, -0.2) is 0 Å². The summed E-state index contributed by atoms with van der Waals surface area (Å²) in [5.41, 5.74) is 8.16. The van der Waals surface area contributed by atoms with Crippen LogP contribution in [0.1, 0.15) is 85.6 Å². The van der Waals surface area contributed by atoms with Gasteiger partial charge in [0.15, 0.2) is 5.78 Å². The van der Waals surface area contributed by atoms with Crippen LogP contribution in [0.3, 0.4) is 0 Å². The van der Waals surface area contributed by atoms with Gasteiger partial charge in [0.25, 0.3) is 0 Å². The molecule has 0 aromatic heterocycles. The van der Waals surface area contributed by atoms with Crippen LogP contribution in [0.15, 0.2) is 23.8 Å². The Morgan fingerprint density at radius 3 is 2.12 bits per heavy atom. The highest BCUT2D eigenvalue weighted by Crippen LogP contribution is 2.30. The summed E-state index contributed by atoms with van der Waals surface area (Å²) in [7, 11) is 0. The Morgan fingerprint density at radius 1 is 1.08 bits per heavy atom. The van der Waals surface area contributed by atoms with Gasteiger partial charge in [0.05, 0.1) is 5.56 Å². The van der Waals surface area contributed by atoms with Crippen molar-refractivity contribution in [2.75, 3.05) is 0 Å². The minimum atomic E-state index is -0.0108. The highest BCUT2D eigenvalue weighted by molar-refractivity contribution is 5.99. The van der Waals surface area contributed by atoms with Crippen molar-refractivity contribution in [1.29, 1.82) is 5.26 Å². The summed E-state index contributed by atoms with van der Waals surface area (Å²) in [5, 5.41) is 9.79. The first-order chi connectivity index (χ1) is 11.8. The molecule has 0 heterocycles. The zero-order valence-electron chi connectivity index (χ0n) is 16.7. The number of rotatable bonds is 8. The number of ketones is 1. The number of Topliss-reactive ketones (excluding diaryl/α,β-unsaturated/α-hetero) is 1. The van der Waals surface area contributed by atoms with Gasteiger partial charge < -0.3 is 0 Å². The van der Waals surface area contributed by atoms with Gasteiger partial charge in [-0.15, -0.1) is 6.58 Å². The largest absolute Gasteiger partial charge is 0.294 e. The zero-order valence-corrected chi connectivity index (χ0v) is 16.7. The lowest BCUT2D eigenvalue weighted by atomic mass is 9.83. The van der Waals surface area contributed by atoms with E-state index >= 15 is 0 Å². The standard InChI is InChI=1S/C23H31NO/c1-8-19-17(6)20(9-2)23(18(7)25)22(14-24)21(19)13-12-16(5)11-10-15(3)4/h12H,3,8-11,13H2,1-2,4-7H3/b16-12+. The molecule has 0 spiro atoms. The Kier molecular flexibility index (Phi) is 7.84. The molecule has 1 rings (SSSR count). The van der Waals surface area contributed by atoms with Gasteiger partial charge in [-0.1, -0.05) is 31.1 Å². The van der Waals surface area contributed by atoms with Crippen molar-refractivity contribution >= 4 is 5.78 Å². The minimum absolute atomic E-state index is 0.0108. The predicted octanol–water partition coefficient (Wildman–Crippen LogP) is 6.04. The van der Waals surface area contributed by atoms with E-state index in [0.29, 0.717) is 17.5 Å². The number of nitrogens with zero attached hydrogens (tertiary/aromatic N) is 1. The molecule has 0 amide bonds. The molecular weight excluding hydrogens is 306 g/mol. The van der Waals surface area contributed by atoms with Crippen LogP contribution in [0.4, 0.5) is 0 Å². The number of carbonyl (C=O) groups is 1. The molecule has 1 aromatic rings. The maximum Gasteiger partial charge on any atom is 0.161 e. The summed E-state index contributed by atoms with van der Waals surface area (Å²) in [6.07, 6.45) is 6.53. The van der Waals surface area contributed by atoms with Crippen LogP contribution < -0.4 is 0 Å². The van der Waals surface area contributed by atoms with Crippen molar-refractivity contribution in [2.45, 2.75) is 73.6 Å². The highest BCUT2D eigenvalue weighted by atomic mass is 16.1. The number of hydrogen-bond acceptors (Lipinski definition) is 2. The molecule has 2 heteroatoms.